The summed E-state index contributed by atoms with van der Waals surface area (Å²) < 4.78 is 0. The number of imide groups is 1. The quantitative estimate of drug-likeness (QED) is 0.835. The third-order valence-corrected chi connectivity index (χ3v) is 5.60. The lowest BCUT2D eigenvalue weighted by Crippen LogP contribution is -2.41. The molecule has 1 N–H and O–H groups in total. The van der Waals surface area contributed by atoms with E-state index in [4.69, 9.17) is 11.6 Å². The van der Waals surface area contributed by atoms with Gasteiger partial charge in [0, 0.05) is 6.42 Å². The molecule has 1 aromatic carbocycles. The monoisotopic (exact) mass is 362 g/mol. The molecule has 1 aromatic rings. The Morgan fingerprint density at radius 2 is 1.88 bits per heavy atom. The molecule has 0 unspecified atom stereocenters. The van der Waals surface area contributed by atoms with Crippen LogP contribution in [-0.2, 0) is 14.4 Å². The second kappa shape index (κ2) is 6.79. The van der Waals surface area contributed by atoms with E-state index in [1.165, 1.54) is 0 Å². The van der Waals surface area contributed by atoms with Crippen LogP contribution >= 0.6 is 11.6 Å². The number of aryl methyl sites for hydroxylation is 2. The van der Waals surface area contributed by atoms with E-state index in [0.29, 0.717) is 10.7 Å². The van der Waals surface area contributed by atoms with E-state index in [1.807, 2.05) is 19.9 Å². The maximum atomic E-state index is 12.8. The molecule has 0 radical (unpaired) electrons. The van der Waals surface area contributed by atoms with Gasteiger partial charge in [0.15, 0.2) is 0 Å². The van der Waals surface area contributed by atoms with Crippen molar-refractivity contribution in [2.45, 2.75) is 52.4 Å². The zero-order valence-corrected chi connectivity index (χ0v) is 15.4. The molecule has 3 rings (SSSR count). The van der Waals surface area contributed by atoms with Crippen LogP contribution in [0.5, 0.6) is 0 Å². The molecule has 3 amide bonds. The number of rotatable bonds is 3. The number of nitrogens with one attached hydrogen (secondary N) is 1. The number of nitrogens with zero attached hydrogens (tertiary/aromatic N) is 1. The highest BCUT2D eigenvalue weighted by Crippen LogP contribution is 2.45. The van der Waals surface area contributed by atoms with E-state index in [0.717, 1.165) is 48.1 Å². The van der Waals surface area contributed by atoms with E-state index in [9.17, 15) is 14.4 Å². The van der Waals surface area contributed by atoms with Crippen LogP contribution in [0.15, 0.2) is 12.1 Å². The van der Waals surface area contributed by atoms with Crippen LogP contribution in [0.1, 0.15) is 49.7 Å². The summed E-state index contributed by atoms with van der Waals surface area (Å²) in [5.41, 5.74) is 1.82. The predicted molar refractivity (Wildman–Crippen MR) is 96.4 cm³/mol. The Labute approximate surface area is 152 Å². The Balaban J connectivity index is 1.71. The summed E-state index contributed by atoms with van der Waals surface area (Å²) >= 11 is 6.21. The summed E-state index contributed by atoms with van der Waals surface area (Å²) in [6.07, 6.45) is 4.78. The van der Waals surface area contributed by atoms with Gasteiger partial charge in [0.25, 0.3) is 0 Å². The fraction of sp³-hybridized carbons (Fsp3) is 0.526. The van der Waals surface area contributed by atoms with Gasteiger partial charge in [0.1, 0.15) is 6.54 Å². The van der Waals surface area contributed by atoms with Crippen molar-refractivity contribution in [3.63, 3.8) is 0 Å². The van der Waals surface area contributed by atoms with Gasteiger partial charge in [-0.15, -0.1) is 0 Å². The van der Waals surface area contributed by atoms with Crippen LogP contribution in [0.4, 0.5) is 5.69 Å². The number of hydrogen-bond acceptors (Lipinski definition) is 3. The van der Waals surface area contributed by atoms with E-state index in [2.05, 4.69) is 5.32 Å². The van der Waals surface area contributed by atoms with Crippen molar-refractivity contribution >= 4 is 35.0 Å². The first kappa shape index (κ1) is 17.9. The third kappa shape index (κ3) is 3.43. The first-order chi connectivity index (χ1) is 11.8. The Hall–Kier alpha value is -1.88. The summed E-state index contributed by atoms with van der Waals surface area (Å²) in [6, 6.07) is 3.69. The minimum atomic E-state index is -0.562. The molecule has 2 fully saturated rings. The van der Waals surface area contributed by atoms with Crippen molar-refractivity contribution in [1.29, 1.82) is 0 Å². The Morgan fingerprint density at radius 1 is 1.20 bits per heavy atom. The van der Waals surface area contributed by atoms with Gasteiger partial charge in [-0.1, -0.05) is 36.9 Å². The number of halogens is 1. The Kier molecular flexibility index (Phi) is 4.87. The number of anilines is 1. The van der Waals surface area contributed by atoms with Gasteiger partial charge in [-0.2, -0.15) is 0 Å². The van der Waals surface area contributed by atoms with Gasteiger partial charge < -0.3 is 5.32 Å². The first-order valence-electron chi connectivity index (χ1n) is 8.74. The number of carbonyl (C=O) groups excluding carboxylic acids is 3. The normalized spacial score (nSPS) is 19.6. The molecule has 1 spiro atoms. The van der Waals surface area contributed by atoms with Gasteiger partial charge in [0.05, 0.1) is 16.1 Å². The molecule has 1 aliphatic heterocycles. The maximum Gasteiger partial charge on any atom is 0.244 e. The van der Waals surface area contributed by atoms with Crippen molar-refractivity contribution < 1.29 is 14.4 Å². The summed E-state index contributed by atoms with van der Waals surface area (Å²) in [7, 11) is 0. The minimum Gasteiger partial charge on any atom is -0.323 e. The molecule has 25 heavy (non-hydrogen) atoms. The number of benzene rings is 1. The van der Waals surface area contributed by atoms with Crippen LogP contribution in [0.2, 0.25) is 5.02 Å². The second-order valence-corrected chi connectivity index (χ2v) is 7.70. The first-order valence-corrected chi connectivity index (χ1v) is 9.12. The number of likely N-dealkylation sites (tertiary alicyclic amines) is 1. The largest absolute Gasteiger partial charge is 0.323 e. The molecule has 1 saturated carbocycles. The maximum absolute atomic E-state index is 12.8. The van der Waals surface area contributed by atoms with E-state index in [-0.39, 0.29) is 24.8 Å². The van der Waals surface area contributed by atoms with Crippen LogP contribution in [0.3, 0.4) is 0 Å². The van der Waals surface area contributed by atoms with Crippen molar-refractivity contribution in [3.05, 3.63) is 28.3 Å². The molecule has 2 aliphatic rings. The van der Waals surface area contributed by atoms with Gasteiger partial charge >= 0.3 is 0 Å². The van der Waals surface area contributed by atoms with Crippen molar-refractivity contribution in [2.75, 3.05) is 11.9 Å². The minimum absolute atomic E-state index is 0.181. The van der Waals surface area contributed by atoms with Crippen LogP contribution in [0.25, 0.3) is 0 Å². The average Bonchev–Trinajstić information content (AvgIpc) is 2.76. The Bertz CT molecular complexity index is 715. The van der Waals surface area contributed by atoms with Crippen LogP contribution in [0, 0.1) is 19.3 Å². The SMILES string of the molecule is Cc1cc(C)c(NC(=O)CN2C(=O)CC3(CCCCC3)C2=O)c(Cl)c1. The summed E-state index contributed by atoms with van der Waals surface area (Å²) in [6.45, 7) is 3.54. The third-order valence-electron chi connectivity index (χ3n) is 5.30. The lowest BCUT2D eigenvalue weighted by atomic mass is 9.73. The molecule has 6 heteroatoms. The highest BCUT2D eigenvalue weighted by atomic mass is 35.5. The molecular formula is C19H23ClN2O3. The zero-order chi connectivity index (χ0) is 18.2. The van der Waals surface area contributed by atoms with Crippen LogP contribution < -0.4 is 5.32 Å². The highest BCUT2D eigenvalue weighted by molar-refractivity contribution is 6.34. The lowest BCUT2D eigenvalue weighted by Gasteiger charge is -2.30. The van der Waals surface area contributed by atoms with Gasteiger partial charge in [-0.3, -0.25) is 19.3 Å². The second-order valence-electron chi connectivity index (χ2n) is 7.29. The zero-order valence-electron chi connectivity index (χ0n) is 14.7. The molecule has 134 valence electrons. The van der Waals surface area contributed by atoms with Gasteiger partial charge in [-0.05, 0) is 43.9 Å². The van der Waals surface area contributed by atoms with E-state index >= 15 is 0 Å². The Morgan fingerprint density at radius 3 is 2.52 bits per heavy atom. The number of hydrogen-bond donors (Lipinski definition) is 1. The molecule has 1 aliphatic carbocycles. The summed E-state index contributed by atoms with van der Waals surface area (Å²) in [5, 5.41) is 3.20. The molecule has 1 heterocycles. The van der Waals surface area contributed by atoms with Gasteiger partial charge in [0.2, 0.25) is 17.7 Å². The van der Waals surface area contributed by atoms with Crippen LogP contribution in [-0.4, -0.2) is 29.2 Å². The smallest absolute Gasteiger partial charge is 0.244 e. The van der Waals surface area contributed by atoms with E-state index in [1.54, 1.807) is 6.07 Å². The molecular weight excluding hydrogens is 340 g/mol. The van der Waals surface area contributed by atoms with Crippen molar-refractivity contribution in [3.8, 4) is 0 Å². The van der Waals surface area contributed by atoms with E-state index < -0.39 is 11.3 Å². The summed E-state index contributed by atoms with van der Waals surface area (Å²) in [4.78, 5) is 38.6. The fourth-order valence-electron chi connectivity index (χ4n) is 4.04. The topological polar surface area (TPSA) is 66.5 Å². The summed E-state index contributed by atoms with van der Waals surface area (Å²) in [5.74, 6) is -0.823. The standard InChI is InChI=1S/C19H23ClN2O3/c1-12-8-13(2)17(14(20)9-12)21-15(23)11-22-16(24)10-19(18(22)25)6-4-3-5-7-19/h8-9H,3-7,10-11H2,1-2H3,(H,21,23). The molecule has 5 nitrogen and oxygen atoms in total. The number of carbonyl (C=O) groups is 3. The predicted octanol–water partition coefficient (Wildman–Crippen LogP) is 3.60. The fourth-order valence-corrected chi connectivity index (χ4v) is 4.40. The molecule has 0 bridgehead atoms. The average molecular weight is 363 g/mol. The highest BCUT2D eigenvalue weighted by Gasteiger charge is 2.51. The molecule has 0 atom stereocenters. The molecule has 1 saturated heterocycles. The lowest BCUT2D eigenvalue weighted by molar-refractivity contribution is -0.144. The molecule has 0 aromatic heterocycles. The van der Waals surface area contributed by atoms with Crippen molar-refractivity contribution in [2.24, 2.45) is 5.41 Å². The van der Waals surface area contributed by atoms with Crippen molar-refractivity contribution in [1.82, 2.24) is 4.90 Å². The number of amides is 3. The van der Waals surface area contributed by atoms with Gasteiger partial charge in [-0.25, -0.2) is 0 Å².